The van der Waals surface area contributed by atoms with Crippen LogP contribution >= 0.6 is 23.4 Å². The number of ether oxygens (including phenoxy) is 1. The van der Waals surface area contributed by atoms with Gasteiger partial charge in [-0.25, -0.2) is 14.6 Å². The van der Waals surface area contributed by atoms with E-state index in [1.165, 1.54) is 18.1 Å². The van der Waals surface area contributed by atoms with Gasteiger partial charge in [0.25, 0.3) is 0 Å². The SMILES string of the molecule is CCOC(=O)CNC(=O)CSc1ncnc2c1cnn2-c1ccccc1Cl. The number of fused-ring (bicyclic) bond motifs is 1. The Labute approximate surface area is 164 Å². The predicted octanol–water partition coefficient (Wildman–Crippen LogP) is 2.24. The number of benzene rings is 1. The van der Waals surface area contributed by atoms with Crippen LogP contribution in [-0.4, -0.2) is 50.5 Å². The average molecular weight is 406 g/mol. The minimum Gasteiger partial charge on any atom is -0.465 e. The van der Waals surface area contributed by atoms with Gasteiger partial charge < -0.3 is 10.1 Å². The first kappa shape index (κ1) is 19.1. The van der Waals surface area contributed by atoms with Gasteiger partial charge in [-0.05, 0) is 19.1 Å². The summed E-state index contributed by atoms with van der Waals surface area (Å²) in [6.45, 7) is 1.83. The molecule has 3 rings (SSSR count). The maximum absolute atomic E-state index is 11.9. The van der Waals surface area contributed by atoms with Crippen molar-refractivity contribution in [1.82, 2.24) is 25.1 Å². The van der Waals surface area contributed by atoms with E-state index in [4.69, 9.17) is 16.3 Å². The number of hydrogen-bond donors (Lipinski definition) is 1. The minimum absolute atomic E-state index is 0.1000. The summed E-state index contributed by atoms with van der Waals surface area (Å²) in [6, 6.07) is 7.31. The maximum Gasteiger partial charge on any atom is 0.325 e. The first-order valence-electron chi connectivity index (χ1n) is 8.09. The van der Waals surface area contributed by atoms with E-state index < -0.39 is 5.97 Å². The Hall–Kier alpha value is -2.65. The van der Waals surface area contributed by atoms with Crippen LogP contribution in [0.4, 0.5) is 0 Å². The molecule has 0 saturated heterocycles. The summed E-state index contributed by atoms with van der Waals surface area (Å²) in [5, 5.41) is 8.73. The van der Waals surface area contributed by atoms with E-state index >= 15 is 0 Å². The summed E-state index contributed by atoms with van der Waals surface area (Å²) < 4.78 is 6.39. The van der Waals surface area contributed by atoms with Crippen molar-refractivity contribution in [2.75, 3.05) is 18.9 Å². The molecule has 27 heavy (non-hydrogen) atoms. The molecule has 1 aromatic carbocycles. The molecular formula is C17H16ClN5O3S. The van der Waals surface area contributed by atoms with Gasteiger partial charge in [-0.3, -0.25) is 9.59 Å². The molecule has 1 N–H and O–H groups in total. The number of carbonyl (C=O) groups is 2. The lowest BCUT2D eigenvalue weighted by molar-refractivity contribution is -0.143. The average Bonchev–Trinajstić information content (AvgIpc) is 3.10. The van der Waals surface area contributed by atoms with Crippen molar-refractivity contribution >= 4 is 46.3 Å². The molecule has 2 heterocycles. The number of nitrogens with one attached hydrogen (secondary N) is 1. The maximum atomic E-state index is 11.9. The number of rotatable bonds is 7. The normalized spacial score (nSPS) is 10.7. The van der Waals surface area contributed by atoms with Crippen LogP contribution in [0.1, 0.15) is 6.92 Å². The minimum atomic E-state index is -0.471. The van der Waals surface area contributed by atoms with E-state index in [2.05, 4.69) is 20.4 Å². The van der Waals surface area contributed by atoms with Gasteiger partial charge in [-0.1, -0.05) is 35.5 Å². The molecule has 0 atom stereocenters. The summed E-state index contributed by atoms with van der Waals surface area (Å²) in [6.07, 6.45) is 3.05. The molecule has 0 radical (unpaired) electrons. The van der Waals surface area contributed by atoms with Gasteiger partial charge in [0.05, 0.1) is 34.7 Å². The fraction of sp³-hybridized carbons (Fsp3) is 0.235. The highest BCUT2D eigenvalue weighted by molar-refractivity contribution is 8.00. The molecule has 0 aliphatic heterocycles. The third-order valence-corrected chi connectivity index (χ3v) is 4.81. The molecule has 1 amide bonds. The number of nitrogens with zero attached hydrogens (tertiary/aromatic N) is 4. The zero-order valence-corrected chi connectivity index (χ0v) is 16.0. The molecule has 10 heteroatoms. The highest BCUT2D eigenvalue weighted by Gasteiger charge is 2.14. The van der Waals surface area contributed by atoms with Gasteiger partial charge in [-0.2, -0.15) is 5.10 Å². The molecule has 0 fully saturated rings. The van der Waals surface area contributed by atoms with Crippen LogP contribution in [0.2, 0.25) is 5.02 Å². The molecule has 140 valence electrons. The molecule has 0 unspecified atom stereocenters. The molecule has 0 aliphatic rings. The lowest BCUT2D eigenvalue weighted by Crippen LogP contribution is -2.31. The molecule has 0 bridgehead atoms. The first-order chi connectivity index (χ1) is 13.1. The van der Waals surface area contributed by atoms with Crippen molar-refractivity contribution in [1.29, 1.82) is 0 Å². The Morgan fingerprint density at radius 2 is 2.11 bits per heavy atom. The van der Waals surface area contributed by atoms with Gasteiger partial charge in [0.1, 0.15) is 17.9 Å². The number of halogens is 1. The lowest BCUT2D eigenvalue weighted by Gasteiger charge is -2.06. The first-order valence-corrected chi connectivity index (χ1v) is 9.45. The van der Waals surface area contributed by atoms with Crippen molar-refractivity contribution in [3.05, 3.63) is 41.8 Å². The largest absolute Gasteiger partial charge is 0.465 e. The number of hydrogen-bond acceptors (Lipinski definition) is 7. The van der Waals surface area contributed by atoms with E-state index in [1.54, 1.807) is 23.9 Å². The summed E-state index contributed by atoms with van der Waals surface area (Å²) >= 11 is 7.48. The summed E-state index contributed by atoms with van der Waals surface area (Å²) in [7, 11) is 0. The lowest BCUT2D eigenvalue weighted by atomic mass is 10.3. The Kier molecular flexibility index (Phi) is 6.25. The highest BCUT2D eigenvalue weighted by atomic mass is 35.5. The van der Waals surface area contributed by atoms with Crippen LogP contribution in [0.3, 0.4) is 0 Å². The zero-order chi connectivity index (χ0) is 19.2. The summed E-state index contributed by atoms with van der Waals surface area (Å²) in [4.78, 5) is 31.7. The van der Waals surface area contributed by atoms with Gasteiger partial charge in [0.2, 0.25) is 5.91 Å². The molecule has 0 spiro atoms. The zero-order valence-electron chi connectivity index (χ0n) is 14.4. The molecule has 8 nitrogen and oxygen atoms in total. The number of amides is 1. The smallest absolute Gasteiger partial charge is 0.325 e. The quantitative estimate of drug-likeness (QED) is 0.365. The van der Waals surface area contributed by atoms with Gasteiger partial charge in [-0.15, -0.1) is 0 Å². The van der Waals surface area contributed by atoms with Crippen molar-refractivity contribution in [2.24, 2.45) is 0 Å². The predicted molar refractivity (Wildman–Crippen MR) is 102 cm³/mol. The van der Waals surface area contributed by atoms with E-state index in [9.17, 15) is 9.59 Å². The van der Waals surface area contributed by atoms with Crippen LogP contribution in [-0.2, 0) is 14.3 Å². The van der Waals surface area contributed by atoms with Gasteiger partial charge in [0, 0.05) is 0 Å². The van der Waals surface area contributed by atoms with Gasteiger partial charge >= 0.3 is 5.97 Å². The Morgan fingerprint density at radius 1 is 1.30 bits per heavy atom. The van der Waals surface area contributed by atoms with Crippen molar-refractivity contribution in [3.63, 3.8) is 0 Å². The molecule has 0 aliphatic carbocycles. The summed E-state index contributed by atoms with van der Waals surface area (Å²) in [5.41, 5.74) is 1.29. The third-order valence-electron chi connectivity index (χ3n) is 3.49. The topological polar surface area (TPSA) is 99.0 Å². The second-order valence-electron chi connectivity index (χ2n) is 5.29. The number of esters is 1. The van der Waals surface area contributed by atoms with E-state index in [1.807, 2.05) is 18.2 Å². The van der Waals surface area contributed by atoms with E-state index in [-0.39, 0.29) is 24.8 Å². The third kappa shape index (κ3) is 4.55. The monoisotopic (exact) mass is 405 g/mol. The fourth-order valence-electron chi connectivity index (χ4n) is 2.31. The van der Waals surface area contributed by atoms with Gasteiger partial charge in [0.15, 0.2) is 5.65 Å². The second kappa shape index (κ2) is 8.83. The molecule has 3 aromatic rings. The Bertz CT molecular complexity index is 978. The van der Waals surface area contributed by atoms with Crippen LogP contribution in [0.25, 0.3) is 16.7 Å². The molecule has 0 saturated carbocycles. The standard InChI is InChI=1S/C17H16ClN5O3S/c1-2-26-15(25)8-19-14(24)9-27-17-11-7-22-23(16(11)20-10-21-17)13-6-4-3-5-12(13)18/h3-7,10H,2,8-9H2,1H3,(H,19,24). The van der Waals surface area contributed by atoms with Crippen LogP contribution in [0.5, 0.6) is 0 Å². The van der Waals surface area contributed by atoms with Crippen molar-refractivity contribution < 1.29 is 14.3 Å². The van der Waals surface area contributed by atoms with E-state index in [0.717, 1.165) is 0 Å². The number of thioether (sulfide) groups is 1. The Balaban J connectivity index is 1.72. The summed E-state index contributed by atoms with van der Waals surface area (Å²) in [5.74, 6) is -0.664. The van der Waals surface area contributed by atoms with Crippen molar-refractivity contribution in [3.8, 4) is 5.69 Å². The molecule has 2 aromatic heterocycles. The number of para-hydroxylation sites is 1. The molecular weight excluding hydrogens is 390 g/mol. The number of aromatic nitrogens is 4. The highest BCUT2D eigenvalue weighted by Crippen LogP contribution is 2.27. The van der Waals surface area contributed by atoms with Crippen LogP contribution in [0.15, 0.2) is 41.8 Å². The van der Waals surface area contributed by atoms with Crippen LogP contribution < -0.4 is 5.32 Å². The van der Waals surface area contributed by atoms with Crippen LogP contribution in [0, 0.1) is 0 Å². The fourth-order valence-corrected chi connectivity index (χ4v) is 3.31. The van der Waals surface area contributed by atoms with Crippen molar-refractivity contribution in [2.45, 2.75) is 11.9 Å². The Morgan fingerprint density at radius 3 is 2.89 bits per heavy atom. The van der Waals surface area contributed by atoms with E-state index in [0.29, 0.717) is 26.8 Å². The second-order valence-corrected chi connectivity index (χ2v) is 6.67. The number of carbonyl (C=O) groups excluding carboxylic acids is 2.